The molecule has 0 saturated heterocycles. The summed E-state index contributed by atoms with van der Waals surface area (Å²) in [6.45, 7) is 1.60. The fraction of sp³-hybridized carbons (Fsp3) is 0.0833. The zero-order chi connectivity index (χ0) is 14.0. The Bertz CT molecular complexity index is 706. The van der Waals surface area contributed by atoms with Gasteiger partial charge in [-0.1, -0.05) is 21.1 Å². The fourth-order valence-corrected chi connectivity index (χ4v) is 1.86. The van der Waals surface area contributed by atoms with E-state index in [9.17, 15) is 9.59 Å². The van der Waals surface area contributed by atoms with Crippen molar-refractivity contribution in [1.82, 2.24) is 9.72 Å². The first kappa shape index (κ1) is 17.1. The number of carbonyl (C=O) groups is 1. The van der Waals surface area contributed by atoms with Crippen LogP contribution in [0.5, 0.6) is 0 Å². The molecule has 0 amide bonds. The molecular weight excluding hydrogens is 440 g/mol. The predicted molar refractivity (Wildman–Crippen MR) is 75.6 cm³/mol. The molecule has 5 nitrogen and oxygen atoms in total. The van der Waals surface area contributed by atoms with E-state index in [-0.39, 0.29) is 28.2 Å². The zero-order valence-electron chi connectivity index (χ0n) is 10.1. The maximum absolute atomic E-state index is 12.3. The molecule has 0 aliphatic rings. The van der Waals surface area contributed by atoms with Gasteiger partial charge in [-0.2, -0.15) is 5.41 Å². The van der Waals surface area contributed by atoms with Gasteiger partial charge in [0.1, 0.15) is 0 Å². The van der Waals surface area contributed by atoms with Gasteiger partial charge in [0.2, 0.25) is 11.6 Å². The Morgan fingerprint density at radius 2 is 2.00 bits per heavy atom. The van der Waals surface area contributed by atoms with Gasteiger partial charge in [-0.25, -0.2) is 9.36 Å². The van der Waals surface area contributed by atoms with Crippen LogP contribution in [0.1, 0.15) is 23.1 Å². The van der Waals surface area contributed by atoms with Crippen LogP contribution in [0.15, 0.2) is 43.5 Å². The number of nitrogens with zero attached hydrogens (tertiary/aromatic N) is 2. The van der Waals surface area contributed by atoms with Gasteiger partial charge >= 0.3 is 28.1 Å². The number of allylic oxidation sites excluding steroid dienone is 1. The molecule has 0 atom stereocenters. The Hall–Kier alpha value is -0.990. The molecular formula is C12H8AgBrN2O3S. The number of ketones is 1. The molecule has 0 bridgehead atoms. The summed E-state index contributed by atoms with van der Waals surface area (Å²) in [6.07, 6.45) is 0. The molecule has 0 unspecified atom stereocenters. The minimum absolute atomic E-state index is 0. The number of carbonyl (C=O) groups excluding carboxylic acids is 1. The van der Waals surface area contributed by atoms with Gasteiger partial charge in [-0.15, -0.1) is 0 Å². The van der Waals surface area contributed by atoms with Gasteiger partial charge in [0.25, 0.3) is 0 Å². The molecule has 0 aliphatic heterocycles. The van der Waals surface area contributed by atoms with Crippen LogP contribution in [0.4, 0.5) is 0 Å². The van der Waals surface area contributed by atoms with Gasteiger partial charge in [-0.3, -0.25) is 9.32 Å². The van der Waals surface area contributed by atoms with Gasteiger partial charge < -0.3 is 12.6 Å². The van der Waals surface area contributed by atoms with Crippen molar-refractivity contribution in [3.63, 3.8) is 0 Å². The van der Waals surface area contributed by atoms with Gasteiger partial charge in [0.15, 0.2) is 0 Å². The summed E-state index contributed by atoms with van der Waals surface area (Å²) in [4.78, 5) is 23.8. The standard InChI is InChI=1S/C12H9BrN2O3S.Ag/c1-7(6-19)15-11(14-18-12(15)17)10(16)8-2-4-9(13)5-3-8;/h2-6,19H,1H3;/q;+1/p-1/b7-6-;. The second kappa shape index (κ2) is 7.14. The maximum atomic E-state index is 12.3. The second-order valence-corrected chi connectivity index (χ2v) is 4.85. The molecule has 0 spiro atoms. The minimum Gasteiger partial charge on any atom is -0.786 e. The molecule has 1 aromatic heterocycles. The average Bonchev–Trinajstić information content (AvgIpc) is 2.80. The van der Waals surface area contributed by atoms with Crippen LogP contribution in [0.3, 0.4) is 0 Å². The van der Waals surface area contributed by atoms with E-state index >= 15 is 0 Å². The minimum atomic E-state index is -0.737. The number of rotatable bonds is 3. The maximum Gasteiger partial charge on any atom is 1.00 e. The molecule has 0 saturated carbocycles. The molecule has 1 heterocycles. The van der Waals surface area contributed by atoms with Crippen molar-refractivity contribution in [3.8, 4) is 0 Å². The molecule has 8 heteroatoms. The third-order valence-corrected chi connectivity index (χ3v) is 3.31. The molecule has 0 aliphatic carbocycles. The monoisotopic (exact) mass is 446 g/mol. The van der Waals surface area contributed by atoms with Crippen LogP contribution in [0.2, 0.25) is 0 Å². The van der Waals surface area contributed by atoms with Crippen LogP contribution in [-0.4, -0.2) is 15.5 Å². The van der Waals surface area contributed by atoms with Crippen molar-refractivity contribution in [3.05, 3.63) is 56.1 Å². The van der Waals surface area contributed by atoms with Crippen LogP contribution >= 0.6 is 15.9 Å². The number of hydrogen-bond donors (Lipinski definition) is 0. The van der Waals surface area contributed by atoms with Crippen molar-refractivity contribution in [2.75, 3.05) is 0 Å². The summed E-state index contributed by atoms with van der Waals surface area (Å²) >= 11 is 8.03. The summed E-state index contributed by atoms with van der Waals surface area (Å²) in [5.41, 5.74) is 0.809. The quantitative estimate of drug-likeness (QED) is 0.410. The van der Waals surface area contributed by atoms with Crippen LogP contribution in [-0.2, 0) is 35.0 Å². The summed E-state index contributed by atoms with van der Waals surface area (Å²) in [5, 5.41) is 4.80. The number of benzene rings is 1. The topological polar surface area (TPSA) is 65.1 Å². The third kappa shape index (κ3) is 3.36. The molecule has 108 valence electrons. The molecule has 0 radical (unpaired) electrons. The smallest absolute Gasteiger partial charge is 0.786 e. The van der Waals surface area contributed by atoms with Crippen molar-refractivity contribution >= 4 is 40.0 Å². The summed E-state index contributed by atoms with van der Waals surface area (Å²) < 4.78 is 6.43. The predicted octanol–water partition coefficient (Wildman–Crippen LogP) is 2.19. The van der Waals surface area contributed by atoms with E-state index in [2.05, 4.69) is 25.6 Å². The molecule has 0 N–H and O–H groups in total. The molecule has 20 heavy (non-hydrogen) atoms. The van der Waals surface area contributed by atoms with E-state index in [1.54, 1.807) is 31.2 Å². The van der Waals surface area contributed by atoms with Gasteiger partial charge in [-0.05, 0) is 31.2 Å². The van der Waals surface area contributed by atoms with Crippen molar-refractivity contribution in [1.29, 1.82) is 0 Å². The van der Waals surface area contributed by atoms with E-state index in [0.29, 0.717) is 11.3 Å². The number of aromatic nitrogens is 2. The Balaban J connectivity index is 0.00000200. The first-order chi connectivity index (χ1) is 9.04. The van der Waals surface area contributed by atoms with Crippen molar-refractivity contribution < 1.29 is 31.7 Å². The molecule has 0 fully saturated rings. The first-order valence-corrected chi connectivity index (χ1v) is 6.49. The number of hydrogen-bond acceptors (Lipinski definition) is 5. The van der Waals surface area contributed by atoms with Crippen LogP contribution in [0, 0.1) is 0 Å². The Kier molecular flexibility index (Phi) is 6.09. The van der Waals surface area contributed by atoms with Crippen LogP contribution in [0.25, 0.3) is 5.70 Å². The zero-order valence-corrected chi connectivity index (χ0v) is 14.0. The van der Waals surface area contributed by atoms with Gasteiger partial charge in [0.05, 0.1) is 0 Å². The molecule has 2 aromatic rings. The van der Waals surface area contributed by atoms with E-state index < -0.39 is 11.5 Å². The summed E-state index contributed by atoms with van der Waals surface area (Å²) in [6, 6.07) is 6.71. The molecule has 1 aromatic carbocycles. The Morgan fingerprint density at radius 1 is 1.40 bits per heavy atom. The van der Waals surface area contributed by atoms with Gasteiger partial charge in [0, 0.05) is 15.7 Å². The fourth-order valence-electron chi connectivity index (χ4n) is 1.49. The van der Waals surface area contributed by atoms with Crippen molar-refractivity contribution in [2.45, 2.75) is 6.92 Å². The normalized spacial score (nSPS) is 11.0. The molecule has 2 rings (SSSR count). The van der Waals surface area contributed by atoms with E-state index in [0.717, 1.165) is 9.04 Å². The Morgan fingerprint density at radius 3 is 2.55 bits per heavy atom. The third-order valence-electron chi connectivity index (χ3n) is 2.44. The summed E-state index contributed by atoms with van der Waals surface area (Å²) in [7, 11) is 0. The van der Waals surface area contributed by atoms with Crippen LogP contribution < -0.4 is 5.76 Å². The summed E-state index contributed by atoms with van der Waals surface area (Å²) in [5.74, 6) is -1.24. The van der Waals surface area contributed by atoms with Crippen molar-refractivity contribution in [2.24, 2.45) is 0 Å². The SMILES string of the molecule is C/C(=C/[S-])n1c(C(=O)c2ccc(Br)cc2)noc1=O.[Ag+]. The number of halogens is 1. The van der Waals surface area contributed by atoms with E-state index in [4.69, 9.17) is 12.6 Å². The Labute approximate surface area is 144 Å². The average molecular weight is 448 g/mol. The first-order valence-electron chi connectivity index (χ1n) is 5.22. The van der Waals surface area contributed by atoms with E-state index in [1.165, 1.54) is 5.41 Å². The largest absolute Gasteiger partial charge is 1.00 e. The van der Waals surface area contributed by atoms with E-state index in [1.807, 2.05) is 0 Å². The second-order valence-electron chi connectivity index (χ2n) is 3.70.